The molecule has 3 aromatic carbocycles. The van der Waals surface area contributed by atoms with E-state index >= 15 is 0 Å². The summed E-state index contributed by atoms with van der Waals surface area (Å²) in [5.41, 5.74) is 2.92. The van der Waals surface area contributed by atoms with E-state index in [0.29, 0.717) is 16.7 Å². The molecule has 0 spiro atoms. The summed E-state index contributed by atoms with van der Waals surface area (Å²) in [6.45, 7) is 8.15. The van der Waals surface area contributed by atoms with Crippen molar-refractivity contribution in [1.29, 1.82) is 0 Å². The molecule has 3 N–H and O–H groups in total. The molecule has 0 saturated carbocycles. The fraction of sp³-hybridized carbons (Fsp3) is 0.406. The molecule has 2 atom stereocenters. The highest BCUT2D eigenvalue weighted by Gasteiger charge is 2.33. The number of aryl methyl sites for hydroxylation is 1. The molecule has 3 aromatic rings. The molecule has 0 aromatic heterocycles. The van der Waals surface area contributed by atoms with Crippen molar-refractivity contribution in [2.24, 2.45) is 5.41 Å². The van der Waals surface area contributed by atoms with E-state index < -0.39 is 32.7 Å². The van der Waals surface area contributed by atoms with Crippen LogP contribution in [0.2, 0.25) is 5.02 Å². The van der Waals surface area contributed by atoms with Gasteiger partial charge in [-0.2, -0.15) is 13.2 Å². The van der Waals surface area contributed by atoms with Crippen LogP contribution < -0.4 is 15.4 Å². The lowest BCUT2D eigenvalue weighted by Crippen LogP contribution is -2.36. The summed E-state index contributed by atoms with van der Waals surface area (Å²) >= 11 is 6.02. The quantitative estimate of drug-likeness (QED) is 0.222. The van der Waals surface area contributed by atoms with Crippen LogP contribution in [-0.4, -0.2) is 20.9 Å². The Labute approximate surface area is 256 Å². The van der Waals surface area contributed by atoms with Gasteiger partial charge in [-0.05, 0) is 77.3 Å². The van der Waals surface area contributed by atoms with Crippen LogP contribution in [0.3, 0.4) is 0 Å². The number of amides is 1. The predicted octanol–water partition coefficient (Wildman–Crippen LogP) is 7.10. The van der Waals surface area contributed by atoms with E-state index in [1.165, 1.54) is 11.1 Å². The Morgan fingerprint density at radius 2 is 1.74 bits per heavy atom. The summed E-state index contributed by atoms with van der Waals surface area (Å²) in [7, 11) is -4.42. The SMILES string of the molecule is CC(C)(C)CNCc1ccc2c(c1)CCC[C@H]2NC(=O)CC(NS(=O)(=O)c1cccc(C(F)(F)F)c1)c1ccc(Cl)cc1. The highest BCUT2D eigenvalue weighted by atomic mass is 35.5. The Morgan fingerprint density at radius 3 is 2.42 bits per heavy atom. The molecule has 1 aliphatic carbocycles. The number of rotatable bonds is 10. The Bertz CT molecular complexity index is 1540. The minimum atomic E-state index is -4.71. The zero-order valence-corrected chi connectivity index (χ0v) is 26.0. The van der Waals surface area contributed by atoms with Gasteiger partial charge in [-0.1, -0.05) is 68.8 Å². The highest BCUT2D eigenvalue weighted by molar-refractivity contribution is 7.89. The average Bonchev–Trinajstić information content (AvgIpc) is 2.92. The summed E-state index contributed by atoms with van der Waals surface area (Å²) in [6, 6.07) is 14.8. The number of hydrogen-bond donors (Lipinski definition) is 3. The van der Waals surface area contributed by atoms with Gasteiger partial charge >= 0.3 is 6.18 Å². The Kier molecular flexibility index (Phi) is 10.3. The van der Waals surface area contributed by atoms with Crippen LogP contribution in [0.4, 0.5) is 13.2 Å². The van der Waals surface area contributed by atoms with Gasteiger partial charge in [0.25, 0.3) is 0 Å². The third kappa shape index (κ3) is 9.28. The zero-order chi connectivity index (χ0) is 31.4. The van der Waals surface area contributed by atoms with Crippen molar-refractivity contribution >= 4 is 27.5 Å². The molecule has 1 aliphatic rings. The van der Waals surface area contributed by atoms with Crippen molar-refractivity contribution < 1.29 is 26.4 Å². The number of alkyl halides is 3. The first kappa shape index (κ1) is 33.0. The van der Waals surface area contributed by atoms with Crippen LogP contribution in [-0.2, 0) is 34.0 Å². The fourth-order valence-electron chi connectivity index (χ4n) is 5.17. The monoisotopic (exact) mass is 635 g/mol. The van der Waals surface area contributed by atoms with Crippen molar-refractivity contribution in [3.05, 3.63) is 99.6 Å². The second-order valence-corrected chi connectivity index (χ2v) is 14.3. The number of halogens is 4. The van der Waals surface area contributed by atoms with Crippen molar-refractivity contribution in [1.82, 2.24) is 15.4 Å². The third-order valence-corrected chi connectivity index (χ3v) is 8.99. The Hall–Kier alpha value is -2.92. The van der Waals surface area contributed by atoms with Crippen molar-refractivity contribution in [3.8, 4) is 0 Å². The van der Waals surface area contributed by atoms with Gasteiger partial charge in [-0.25, -0.2) is 13.1 Å². The molecular weight excluding hydrogens is 599 g/mol. The van der Waals surface area contributed by atoms with Gasteiger partial charge in [0.2, 0.25) is 15.9 Å². The van der Waals surface area contributed by atoms with Crippen LogP contribution in [0.1, 0.15) is 79.9 Å². The van der Waals surface area contributed by atoms with E-state index in [-0.39, 0.29) is 23.8 Å². The van der Waals surface area contributed by atoms with E-state index in [9.17, 15) is 26.4 Å². The number of carbonyl (C=O) groups is 1. The normalized spacial score (nSPS) is 16.4. The highest BCUT2D eigenvalue weighted by Crippen LogP contribution is 2.33. The molecule has 11 heteroatoms. The lowest BCUT2D eigenvalue weighted by atomic mass is 9.86. The van der Waals surface area contributed by atoms with Gasteiger partial charge in [0.15, 0.2) is 0 Å². The van der Waals surface area contributed by atoms with Crippen LogP contribution in [0, 0.1) is 5.41 Å². The van der Waals surface area contributed by atoms with Crippen molar-refractivity contribution in [2.45, 2.75) is 76.2 Å². The number of nitrogens with one attached hydrogen (secondary N) is 3. The summed E-state index contributed by atoms with van der Waals surface area (Å²) in [4.78, 5) is 12.8. The molecule has 4 rings (SSSR count). The lowest BCUT2D eigenvalue weighted by Gasteiger charge is -2.28. The molecule has 232 valence electrons. The van der Waals surface area contributed by atoms with Crippen LogP contribution in [0.25, 0.3) is 0 Å². The molecule has 0 aliphatic heterocycles. The van der Waals surface area contributed by atoms with Crippen LogP contribution in [0.15, 0.2) is 71.6 Å². The minimum Gasteiger partial charge on any atom is -0.349 e. The summed E-state index contributed by atoms with van der Waals surface area (Å²) in [6.07, 6.45) is -2.44. The molecule has 0 fully saturated rings. The fourth-order valence-corrected chi connectivity index (χ4v) is 6.56. The zero-order valence-electron chi connectivity index (χ0n) is 24.4. The number of carbonyl (C=O) groups excluding carboxylic acids is 1. The van der Waals surface area contributed by atoms with Gasteiger partial charge in [0, 0.05) is 24.5 Å². The van der Waals surface area contributed by atoms with Gasteiger partial charge in [0.05, 0.1) is 22.5 Å². The Morgan fingerprint density at radius 1 is 1.02 bits per heavy atom. The van der Waals surface area contributed by atoms with Crippen molar-refractivity contribution in [2.75, 3.05) is 6.54 Å². The molecule has 6 nitrogen and oxygen atoms in total. The van der Waals surface area contributed by atoms with Gasteiger partial charge in [-0.3, -0.25) is 4.79 Å². The summed E-state index contributed by atoms with van der Waals surface area (Å²) in [5, 5.41) is 6.96. The number of sulfonamides is 1. The largest absolute Gasteiger partial charge is 0.416 e. The van der Waals surface area contributed by atoms with Crippen molar-refractivity contribution in [3.63, 3.8) is 0 Å². The van der Waals surface area contributed by atoms with E-state index in [4.69, 9.17) is 11.6 Å². The number of benzene rings is 3. The molecule has 1 unspecified atom stereocenters. The lowest BCUT2D eigenvalue weighted by molar-refractivity contribution is -0.137. The minimum absolute atomic E-state index is 0.175. The standard InChI is InChI=1S/C32H37ClF3N3O3S/c1-31(2,3)20-37-19-21-10-15-27-23(16-21)6-4-9-28(27)38-30(40)18-29(22-11-13-25(33)14-12-22)39-43(41,42)26-8-5-7-24(17-26)32(34,35)36/h5,7-8,10-17,28-29,37,39H,4,6,9,18-20H2,1-3H3,(H,38,40)/t28-,29?/m1/s1. The number of hydrogen-bond acceptors (Lipinski definition) is 4. The average molecular weight is 636 g/mol. The van der Waals surface area contributed by atoms with E-state index in [1.807, 2.05) is 6.07 Å². The molecule has 0 radical (unpaired) electrons. The first-order valence-electron chi connectivity index (χ1n) is 14.2. The first-order valence-corrected chi connectivity index (χ1v) is 16.0. The molecule has 0 heterocycles. The molecular formula is C32H37ClF3N3O3S. The third-order valence-electron chi connectivity index (χ3n) is 7.27. The van der Waals surface area contributed by atoms with Gasteiger partial charge in [0.1, 0.15) is 0 Å². The van der Waals surface area contributed by atoms with E-state index in [0.717, 1.165) is 56.1 Å². The summed E-state index contributed by atoms with van der Waals surface area (Å²) < 4.78 is 68.6. The molecule has 0 saturated heterocycles. The second-order valence-electron chi connectivity index (χ2n) is 12.2. The smallest absolute Gasteiger partial charge is 0.349 e. The molecule has 0 bridgehead atoms. The van der Waals surface area contributed by atoms with Gasteiger partial charge in [-0.15, -0.1) is 0 Å². The van der Waals surface area contributed by atoms with Crippen LogP contribution >= 0.6 is 11.6 Å². The van der Waals surface area contributed by atoms with Gasteiger partial charge < -0.3 is 10.6 Å². The maximum atomic E-state index is 13.4. The van der Waals surface area contributed by atoms with E-state index in [2.05, 4.69) is 48.3 Å². The summed E-state index contributed by atoms with van der Waals surface area (Å²) in [5.74, 6) is -0.388. The second kappa shape index (κ2) is 13.4. The number of fused-ring (bicyclic) bond motifs is 1. The first-order chi connectivity index (χ1) is 20.1. The predicted molar refractivity (Wildman–Crippen MR) is 162 cm³/mol. The maximum absolute atomic E-state index is 13.4. The molecule has 43 heavy (non-hydrogen) atoms. The topological polar surface area (TPSA) is 87.3 Å². The van der Waals surface area contributed by atoms with Crippen LogP contribution in [0.5, 0.6) is 0 Å². The molecule has 1 amide bonds. The maximum Gasteiger partial charge on any atom is 0.416 e. The Balaban J connectivity index is 1.50. The van der Waals surface area contributed by atoms with E-state index in [1.54, 1.807) is 24.3 Å².